The lowest BCUT2D eigenvalue weighted by Gasteiger charge is -2.15. The van der Waals surface area contributed by atoms with Gasteiger partial charge in [0.05, 0.1) is 14.9 Å². The fourth-order valence-electron chi connectivity index (χ4n) is 2.37. The number of carbonyl (C=O) groups excluding carboxylic acids is 1. The van der Waals surface area contributed by atoms with Crippen LogP contribution in [0.3, 0.4) is 0 Å². The van der Waals surface area contributed by atoms with E-state index in [9.17, 15) is 13.2 Å². The average Bonchev–Trinajstić information content (AvgIpc) is 2.61. The lowest BCUT2D eigenvalue weighted by molar-refractivity contribution is -0.121. The van der Waals surface area contributed by atoms with E-state index in [1.165, 1.54) is 20.2 Å². The van der Waals surface area contributed by atoms with Gasteiger partial charge in [0.2, 0.25) is 15.9 Å². The summed E-state index contributed by atoms with van der Waals surface area (Å²) in [6.45, 7) is 0.130. The summed E-state index contributed by atoms with van der Waals surface area (Å²) in [6, 6.07) is 11.9. The zero-order chi connectivity index (χ0) is 19.3. The largest absolute Gasteiger partial charge is 0.352 e. The van der Waals surface area contributed by atoms with Gasteiger partial charge in [0, 0.05) is 27.1 Å². The summed E-state index contributed by atoms with van der Waals surface area (Å²) in [7, 11) is -0.628. The Balaban J connectivity index is 2.01. The van der Waals surface area contributed by atoms with Crippen molar-refractivity contribution in [3.05, 3.63) is 63.6 Å². The van der Waals surface area contributed by atoms with E-state index >= 15 is 0 Å². The minimum Gasteiger partial charge on any atom is -0.352 e. The first kappa shape index (κ1) is 20.7. The molecule has 2 rings (SSSR count). The van der Waals surface area contributed by atoms with E-state index < -0.39 is 10.0 Å². The third kappa shape index (κ3) is 4.98. The van der Waals surface area contributed by atoms with Gasteiger partial charge in [-0.3, -0.25) is 4.79 Å². The van der Waals surface area contributed by atoms with E-state index in [1.807, 2.05) is 6.07 Å². The number of nitrogens with zero attached hydrogens (tertiary/aromatic N) is 1. The number of aryl methyl sites for hydroxylation is 1. The first-order chi connectivity index (χ1) is 12.2. The number of carbonyl (C=O) groups is 1. The Morgan fingerprint density at radius 3 is 2.38 bits per heavy atom. The van der Waals surface area contributed by atoms with E-state index in [-0.39, 0.29) is 23.8 Å². The molecule has 2 aromatic rings. The van der Waals surface area contributed by atoms with E-state index in [0.29, 0.717) is 22.0 Å². The maximum absolute atomic E-state index is 12.4. The zero-order valence-corrected chi connectivity index (χ0v) is 16.8. The van der Waals surface area contributed by atoms with Gasteiger partial charge >= 0.3 is 0 Å². The van der Waals surface area contributed by atoms with Crippen LogP contribution >= 0.6 is 23.2 Å². The molecule has 5 nitrogen and oxygen atoms in total. The van der Waals surface area contributed by atoms with Crippen LogP contribution in [0.4, 0.5) is 0 Å². The molecule has 0 saturated carbocycles. The van der Waals surface area contributed by atoms with Crippen molar-refractivity contribution in [2.24, 2.45) is 0 Å². The summed E-state index contributed by atoms with van der Waals surface area (Å²) >= 11 is 12.1. The number of hydrogen-bond acceptors (Lipinski definition) is 3. The minimum atomic E-state index is -3.57. The van der Waals surface area contributed by atoms with Gasteiger partial charge in [0.1, 0.15) is 0 Å². The summed E-state index contributed by atoms with van der Waals surface area (Å²) in [6.07, 6.45) is 0.672. The van der Waals surface area contributed by atoms with Gasteiger partial charge in [-0.1, -0.05) is 53.5 Å². The molecule has 0 aliphatic heterocycles. The van der Waals surface area contributed by atoms with Crippen LogP contribution in [0.2, 0.25) is 10.0 Å². The lowest BCUT2D eigenvalue weighted by atomic mass is 10.1. The highest BCUT2D eigenvalue weighted by Gasteiger charge is 2.20. The summed E-state index contributed by atoms with van der Waals surface area (Å²) in [5, 5.41) is 3.66. The second kappa shape index (κ2) is 8.86. The molecular formula is C18H20Cl2N2O3S. The van der Waals surface area contributed by atoms with Crippen LogP contribution in [0.5, 0.6) is 0 Å². The van der Waals surface area contributed by atoms with Crippen LogP contribution in [0.1, 0.15) is 17.5 Å². The molecule has 0 saturated heterocycles. The van der Waals surface area contributed by atoms with Crippen LogP contribution in [-0.4, -0.2) is 32.7 Å². The molecule has 0 bridgehead atoms. The molecule has 0 atom stereocenters. The smallest absolute Gasteiger partial charge is 0.242 e. The predicted octanol–water partition coefficient (Wildman–Crippen LogP) is 3.49. The highest BCUT2D eigenvalue weighted by molar-refractivity contribution is 7.89. The first-order valence-corrected chi connectivity index (χ1v) is 10.1. The Morgan fingerprint density at radius 1 is 1.04 bits per heavy atom. The Morgan fingerprint density at radius 2 is 1.69 bits per heavy atom. The van der Waals surface area contributed by atoms with E-state index in [4.69, 9.17) is 23.2 Å². The molecule has 140 valence electrons. The zero-order valence-electron chi connectivity index (χ0n) is 14.5. The van der Waals surface area contributed by atoms with Crippen LogP contribution < -0.4 is 5.32 Å². The molecule has 0 heterocycles. The Labute approximate surface area is 164 Å². The summed E-state index contributed by atoms with van der Waals surface area (Å²) in [4.78, 5) is 12.3. The standard InChI is InChI=1S/C18H20Cl2N2O3S/c1-22(2)26(24,25)16-9-4-3-6-14(16)12-21-17(23)11-10-13-7-5-8-15(19)18(13)20/h3-9H,10-12H2,1-2H3,(H,21,23). The molecule has 0 aromatic heterocycles. The monoisotopic (exact) mass is 414 g/mol. The van der Waals surface area contributed by atoms with Crippen molar-refractivity contribution in [3.8, 4) is 0 Å². The first-order valence-electron chi connectivity index (χ1n) is 7.93. The molecule has 0 aliphatic carbocycles. The fourth-order valence-corrected chi connectivity index (χ4v) is 3.90. The Hall–Kier alpha value is -1.60. The van der Waals surface area contributed by atoms with Crippen molar-refractivity contribution in [2.45, 2.75) is 24.3 Å². The van der Waals surface area contributed by atoms with Gasteiger partial charge in [-0.05, 0) is 29.7 Å². The third-order valence-electron chi connectivity index (χ3n) is 3.86. The molecule has 0 spiro atoms. The molecule has 0 radical (unpaired) electrons. The van der Waals surface area contributed by atoms with E-state index in [1.54, 1.807) is 30.3 Å². The van der Waals surface area contributed by atoms with Crippen LogP contribution in [-0.2, 0) is 27.8 Å². The van der Waals surface area contributed by atoms with Gasteiger partial charge in [-0.2, -0.15) is 0 Å². The minimum absolute atomic E-state index is 0.130. The van der Waals surface area contributed by atoms with Crippen molar-refractivity contribution in [2.75, 3.05) is 14.1 Å². The second-order valence-corrected chi connectivity index (χ2v) is 8.79. The van der Waals surface area contributed by atoms with Gasteiger partial charge in [0.15, 0.2) is 0 Å². The van der Waals surface area contributed by atoms with Crippen molar-refractivity contribution in [3.63, 3.8) is 0 Å². The molecule has 8 heteroatoms. The van der Waals surface area contributed by atoms with Gasteiger partial charge in [0.25, 0.3) is 0 Å². The van der Waals surface area contributed by atoms with Crippen molar-refractivity contribution in [1.29, 1.82) is 0 Å². The summed E-state index contributed by atoms with van der Waals surface area (Å²) in [5.41, 5.74) is 1.33. The number of hydrogen-bond donors (Lipinski definition) is 1. The van der Waals surface area contributed by atoms with Crippen molar-refractivity contribution in [1.82, 2.24) is 9.62 Å². The highest BCUT2D eigenvalue weighted by Crippen LogP contribution is 2.26. The van der Waals surface area contributed by atoms with Crippen molar-refractivity contribution < 1.29 is 13.2 Å². The van der Waals surface area contributed by atoms with E-state index in [2.05, 4.69) is 5.32 Å². The molecule has 1 N–H and O–H groups in total. The van der Waals surface area contributed by atoms with Crippen LogP contribution in [0, 0.1) is 0 Å². The number of sulfonamides is 1. The number of amides is 1. The molecule has 0 unspecified atom stereocenters. The van der Waals surface area contributed by atoms with E-state index in [0.717, 1.165) is 9.87 Å². The molecule has 26 heavy (non-hydrogen) atoms. The Kier molecular flexibility index (Phi) is 7.06. The van der Waals surface area contributed by atoms with Gasteiger partial charge in [-0.25, -0.2) is 12.7 Å². The average molecular weight is 415 g/mol. The highest BCUT2D eigenvalue weighted by atomic mass is 35.5. The SMILES string of the molecule is CN(C)S(=O)(=O)c1ccccc1CNC(=O)CCc1cccc(Cl)c1Cl. The third-order valence-corrected chi connectivity index (χ3v) is 6.63. The number of benzene rings is 2. The maximum Gasteiger partial charge on any atom is 0.242 e. The van der Waals surface area contributed by atoms with Crippen LogP contribution in [0.15, 0.2) is 47.4 Å². The topological polar surface area (TPSA) is 66.5 Å². The van der Waals surface area contributed by atoms with Crippen LogP contribution in [0.25, 0.3) is 0 Å². The fraction of sp³-hybridized carbons (Fsp3) is 0.278. The Bertz CT molecular complexity index is 899. The lowest BCUT2D eigenvalue weighted by Crippen LogP contribution is -2.27. The maximum atomic E-state index is 12.4. The summed E-state index contributed by atoms with van der Waals surface area (Å²) < 4.78 is 25.9. The second-order valence-electron chi connectivity index (χ2n) is 5.88. The molecule has 0 fully saturated rings. The molecule has 2 aromatic carbocycles. The quantitative estimate of drug-likeness (QED) is 0.753. The van der Waals surface area contributed by atoms with Gasteiger partial charge < -0.3 is 5.32 Å². The van der Waals surface area contributed by atoms with Crippen molar-refractivity contribution >= 4 is 39.1 Å². The number of halogens is 2. The molecule has 0 aliphatic rings. The number of rotatable bonds is 7. The predicted molar refractivity (Wildman–Crippen MR) is 104 cm³/mol. The molecule has 1 amide bonds. The van der Waals surface area contributed by atoms with Gasteiger partial charge in [-0.15, -0.1) is 0 Å². The number of nitrogens with one attached hydrogen (secondary N) is 1. The summed E-state index contributed by atoms with van der Waals surface area (Å²) in [5.74, 6) is -0.196. The normalized spacial score (nSPS) is 11.6. The molecular weight excluding hydrogens is 395 g/mol.